The molecule has 3 atom stereocenters. The Balaban J connectivity index is 1.31. The zero-order valence-corrected chi connectivity index (χ0v) is 23.7. The molecule has 1 aromatic heterocycles. The highest BCUT2D eigenvalue weighted by atomic mass is 32.1. The summed E-state index contributed by atoms with van der Waals surface area (Å²) in [5, 5.41) is 2.96. The number of hydrogen-bond acceptors (Lipinski definition) is 6. The summed E-state index contributed by atoms with van der Waals surface area (Å²) in [5.74, 6) is -0.647. The zero-order valence-electron chi connectivity index (χ0n) is 22.9. The molecule has 2 saturated heterocycles. The first-order valence-corrected chi connectivity index (χ1v) is 14.7. The predicted octanol–water partition coefficient (Wildman–Crippen LogP) is 3.90. The lowest BCUT2D eigenvalue weighted by Gasteiger charge is -2.33. The number of thiophene rings is 1. The maximum Gasteiger partial charge on any atom is 0.262 e. The van der Waals surface area contributed by atoms with Crippen molar-refractivity contribution in [1.29, 1.82) is 0 Å². The van der Waals surface area contributed by atoms with Crippen molar-refractivity contribution >= 4 is 34.8 Å². The van der Waals surface area contributed by atoms with Crippen molar-refractivity contribution in [1.82, 2.24) is 15.1 Å². The number of Topliss-reactive ketones (excluding diaryl/α,β-unsaturated/α-hetero) is 1. The van der Waals surface area contributed by atoms with Gasteiger partial charge in [-0.1, -0.05) is 44.2 Å². The number of nitrogens with one attached hydrogen (secondary N) is 1. The summed E-state index contributed by atoms with van der Waals surface area (Å²) >= 11 is 1.38. The van der Waals surface area contributed by atoms with Crippen LogP contribution in [-0.4, -0.2) is 77.2 Å². The number of hydrogen-bond donors (Lipinski definition) is 1. The molecule has 0 bridgehead atoms. The Morgan fingerprint density at radius 3 is 2.46 bits per heavy atom. The Bertz CT molecular complexity index is 1240. The molecule has 2 aliphatic heterocycles. The third kappa shape index (κ3) is 5.26. The Hall–Kier alpha value is -3.04. The van der Waals surface area contributed by atoms with Gasteiger partial charge in [-0.15, -0.1) is 11.3 Å². The van der Waals surface area contributed by atoms with Crippen LogP contribution in [-0.2, 0) is 19.1 Å². The predicted molar refractivity (Wildman–Crippen MR) is 149 cm³/mol. The van der Waals surface area contributed by atoms with Crippen LogP contribution in [0.25, 0.3) is 10.4 Å². The molecular formula is C30H37N3O5S. The summed E-state index contributed by atoms with van der Waals surface area (Å²) in [5.41, 5.74) is 0.172. The van der Waals surface area contributed by atoms with Crippen LogP contribution in [0.4, 0.5) is 0 Å². The molecule has 208 valence electrons. The minimum atomic E-state index is -0.861. The van der Waals surface area contributed by atoms with Crippen LogP contribution in [0.5, 0.6) is 0 Å². The van der Waals surface area contributed by atoms with E-state index in [1.807, 2.05) is 50.2 Å². The zero-order chi connectivity index (χ0) is 27.7. The van der Waals surface area contributed by atoms with E-state index in [4.69, 9.17) is 4.74 Å². The van der Waals surface area contributed by atoms with Crippen molar-refractivity contribution in [3.8, 4) is 10.4 Å². The summed E-state index contributed by atoms with van der Waals surface area (Å²) in [4.78, 5) is 58.6. The average Bonchev–Trinajstić information content (AvgIpc) is 3.73. The highest BCUT2D eigenvalue weighted by Gasteiger charge is 2.56. The average molecular weight is 552 g/mol. The number of rotatable bonds is 8. The van der Waals surface area contributed by atoms with Crippen LogP contribution in [0.3, 0.4) is 0 Å². The molecule has 2 aromatic rings. The van der Waals surface area contributed by atoms with Gasteiger partial charge in [0.05, 0.1) is 17.5 Å². The second-order valence-corrected chi connectivity index (χ2v) is 12.4. The number of ether oxygens (including phenoxy) is 1. The lowest BCUT2D eigenvalue weighted by molar-refractivity contribution is -0.155. The van der Waals surface area contributed by atoms with Crippen LogP contribution in [0.15, 0.2) is 42.5 Å². The molecule has 39 heavy (non-hydrogen) atoms. The minimum Gasteiger partial charge on any atom is -0.368 e. The summed E-state index contributed by atoms with van der Waals surface area (Å²) in [7, 11) is 1.57. The standard InChI is InChI=1S/C30H37N3O5S/c1-19(2)17-21(31-27(35)25-12-11-24(39-25)20-9-5-4-6-10-20)28(36)32-16-13-22-26(32)23(34)18-33(22)29(37)30(38-3)14-7-8-15-30/h4-6,9-12,19,21-22,26H,7-8,13-18H2,1-3H3,(H,31,35). The molecule has 3 unspecified atom stereocenters. The van der Waals surface area contributed by atoms with Crippen LogP contribution < -0.4 is 5.32 Å². The molecule has 9 heteroatoms. The monoisotopic (exact) mass is 551 g/mol. The largest absolute Gasteiger partial charge is 0.368 e. The number of benzene rings is 1. The van der Waals surface area contributed by atoms with Crippen molar-refractivity contribution in [2.75, 3.05) is 20.2 Å². The number of likely N-dealkylation sites (tertiary alicyclic amines) is 2. The van der Waals surface area contributed by atoms with E-state index in [2.05, 4.69) is 5.32 Å². The van der Waals surface area contributed by atoms with Gasteiger partial charge >= 0.3 is 0 Å². The minimum absolute atomic E-state index is 0.00171. The van der Waals surface area contributed by atoms with Gasteiger partial charge in [0.1, 0.15) is 17.7 Å². The summed E-state index contributed by atoms with van der Waals surface area (Å²) in [6.45, 7) is 4.39. The molecule has 5 rings (SSSR count). The maximum atomic E-state index is 13.8. The number of ketones is 1. The van der Waals surface area contributed by atoms with Gasteiger partial charge in [-0.2, -0.15) is 0 Å². The molecule has 0 radical (unpaired) electrons. The van der Waals surface area contributed by atoms with Crippen molar-refractivity contribution in [2.24, 2.45) is 5.92 Å². The van der Waals surface area contributed by atoms with E-state index >= 15 is 0 Å². The van der Waals surface area contributed by atoms with Gasteiger partial charge in [0.2, 0.25) is 5.91 Å². The number of methoxy groups -OCH3 is 1. The molecule has 3 fully saturated rings. The number of amides is 3. The van der Waals surface area contributed by atoms with E-state index in [1.54, 1.807) is 23.0 Å². The third-order valence-corrected chi connectivity index (χ3v) is 9.49. The number of nitrogens with zero attached hydrogens (tertiary/aromatic N) is 2. The fraction of sp³-hybridized carbons (Fsp3) is 0.533. The lowest BCUT2D eigenvalue weighted by atomic mass is 9.99. The molecular weight excluding hydrogens is 514 g/mol. The smallest absolute Gasteiger partial charge is 0.262 e. The molecule has 1 aromatic carbocycles. The second kappa shape index (κ2) is 11.2. The Kier molecular flexibility index (Phi) is 7.91. The third-order valence-electron chi connectivity index (χ3n) is 8.36. The molecule has 3 amide bonds. The van der Waals surface area contributed by atoms with Gasteiger partial charge in [0, 0.05) is 18.5 Å². The van der Waals surface area contributed by atoms with E-state index in [0.29, 0.717) is 37.1 Å². The van der Waals surface area contributed by atoms with E-state index in [0.717, 1.165) is 23.3 Å². The van der Waals surface area contributed by atoms with Gasteiger partial charge in [0.25, 0.3) is 11.8 Å². The molecule has 1 saturated carbocycles. The molecule has 3 aliphatic rings. The Morgan fingerprint density at radius 1 is 1.08 bits per heavy atom. The topological polar surface area (TPSA) is 96.0 Å². The molecule has 3 heterocycles. The van der Waals surface area contributed by atoms with Crippen LogP contribution in [0, 0.1) is 5.92 Å². The first-order chi connectivity index (χ1) is 18.7. The molecule has 1 aliphatic carbocycles. The highest BCUT2D eigenvalue weighted by Crippen LogP contribution is 2.39. The van der Waals surface area contributed by atoms with Gasteiger partial charge < -0.3 is 19.9 Å². The van der Waals surface area contributed by atoms with Gasteiger partial charge in [-0.3, -0.25) is 19.2 Å². The van der Waals surface area contributed by atoms with Gasteiger partial charge in [0.15, 0.2) is 5.78 Å². The molecule has 8 nitrogen and oxygen atoms in total. The SMILES string of the molecule is COC1(C(=O)N2CC(=O)C3C2CCN3C(=O)C(CC(C)C)NC(=O)c2ccc(-c3ccccc3)s2)CCCC1. The first-order valence-electron chi connectivity index (χ1n) is 13.9. The van der Waals surface area contributed by atoms with Crippen molar-refractivity contribution in [2.45, 2.75) is 76.1 Å². The van der Waals surface area contributed by atoms with Gasteiger partial charge in [-0.25, -0.2) is 0 Å². The quantitative estimate of drug-likeness (QED) is 0.537. The van der Waals surface area contributed by atoms with Crippen LogP contribution >= 0.6 is 11.3 Å². The van der Waals surface area contributed by atoms with Gasteiger partial charge in [-0.05, 0) is 62.1 Å². The lowest BCUT2D eigenvalue weighted by Crippen LogP contribution is -2.53. The number of carbonyl (C=O) groups is 4. The highest BCUT2D eigenvalue weighted by molar-refractivity contribution is 7.17. The Labute approximate surface area is 233 Å². The van der Waals surface area contributed by atoms with E-state index in [9.17, 15) is 19.2 Å². The van der Waals surface area contributed by atoms with Crippen molar-refractivity contribution in [3.63, 3.8) is 0 Å². The first kappa shape index (κ1) is 27.5. The second-order valence-electron chi connectivity index (χ2n) is 11.3. The van der Waals surface area contributed by atoms with Crippen molar-refractivity contribution in [3.05, 3.63) is 47.3 Å². The number of carbonyl (C=O) groups excluding carboxylic acids is 4. The molecule has 0 spiro atoms. The summed E-state index contributed by atoms with van der Waals surface area (Å²) in [6, 6.07) is 11.8. The van der Waals surface area contributed by atoms with E-state index < -0.39 is 17.7 Å². The number of fused-ring (bicyclic) bond motifs is 1. The summed E-state index contributed by atoms with van der Waals surface area (Å²) in [6.07, 6.45) is 4.16. The van der Waals surface area contributed by atoms with Crippen LogP contribution in [0.2, 0.25) is 0 Å². The summed E-state index contributed by atoms with van der Waals surface area (Å²) < 4.78 is 5.70. The maximum absolute atomic E-state index is 13.8. The van der Waals surface area contributed by atoms with Crippen molar-refractivity contribution < 1.29 is 23.9 Å². The fourth-order valence-corrected chi connectivity index (χ4v) is 7.31. The van der Waals surface area contributed by atoms with E-state index in [-0.39, 0.29) is 42.0 Å². The van der Waals surface area contributed by atoms with Crippen LogP contribution in [0.1, 0.15) is 62.0 Å². The Morgan fingerprint density at radius 2 is 1.79 bits per heavy atom. The normalized spacial score (nSPS) is 22.8. The fourth-order valence-electron chi connectivity index (χ4n) is 6.39. The molecule has 1 N–H and O–H groups in total. The van der Waals surface area contributed by atoms with E-state index in [1.165, 1.54) is 11.3 Å².